The summed E-state index contributed by atoms with van der Waals surface area (Å²) in [5, 5.41) is 17.9. The number of nitrogens with zero attached hydrogens (tertiary/aromatic N) is 1. The number of pyridine rings is 1. The van der Waals surface area contributed by atoms with Crippen molar-refractivity contribution in [1.82, 2.24) is 4.98 Å². The third-order valence-corrected chi connectivity index (χ3v) is 2.05. The average molecular weight is 250 g/mol. The quantitative estimate of drug-likeness (QED) is 0.727. The lowest BCUT2D eigenvalue weighted by atomic mass is 10.0. The van der Waals surface area contributed by atoms with Crippen LogP contribution in [0.25, 0.3) is 0 Å². The molecule has 1 aromatic heterocycles. The summed E-state index contributed by atoms with van der Waals surface area (Å²) in [4.78, 5) is 13.8. The Balaban J connectivity index is 3.18. The van der Waals surface area contributed by atoms with E-state index in [9.17, 15) is 23.1 Å². The standard InChI is InChI=1S/C9H9F3N2O3/c10-9(11,12)4-2-1-3-14-6(4)7(15)5(13)8(16)17/h1-3,5,7,15H,13H2,(H,16,17). The van der Waals surface area contributed by atoms with Gasteiger partial charge < -0.3 is 15.9 Å². The zero-order valence-electron chi connectivity index (χ0n) is 8.35. The minimum absolute atomic E-state index is 0.695. The zero-order chi connectivity index (χ0) is 13.2. The van der Waals surface area contributed by atoms with E-state index in [0.29, 0.717) is 6.07 Å². The van der Waals surface area contributed by atoms with E-state index in [0.717, 1.165) is 12.3 Å². The van der Waals surface area contributed by atoms with Crippen molar-refractivity contribution in [2.45, 2.75) is 18.3 Å². The van der Waals surface area contributed by atoms with Gasteiger partial charge in [-0.25, -0.2) is 0 Å². The maximum atomic E-state index is 12.5. The fourth-order valence-corrected chi connectivity index (χ4v) is 1.20. The van der Waals surface area contributed by atoms with Gasteiger partial charge in [0.2, 0.25) is 0 Å². The van der Waals surface area contributed by atoms with Crippen molar-refractivity contribution in [3.8, 4) is 0 Å². The number of carboxylic acid groups (broad SMARTS) is 1. The lowest BCUT2D eigenvalue weighted by Gasteiger charge is -2.18. The molecule has 0 radical (unpaired) electrons. The Morgan fingerprint density at radius 2 is 2.06 bits per heavy atom. The highest BCUT2D eigenvalue weighted by molar-refractivity contribution is 5.74. The van der Waals surface area contributed by atoms with Gasteiger partial charge in [-0.2, -0.15) is 13.2 Å². The number of alkyl halides is 3. The molecule has 0 spiro atoms. The molecule has 0 amide bonds. The Kier molecular flexibility index (Phi) is 3.69. The first kappa shape index (κ1) is 13.4. The third-order valence-electron chi connectivity index (χ3n) is 2.05. The van der Waals surface area contributed by atoms with Crippen LogP contribution in [0.3, 0.4) is 0 Å². The van der Waals surface area contributed by atoms with Crippen LogP contribution in [-0.4, -0.2) is 27.2 Å². The van der Waals surface area contributed by atoms with Gasteiger partial charge in [0.25, 0.3) is 0 Å². The van der Waals surface area contributed by atoms with Crippen molar-refractivity contribution in [2.75, 3.05) is 0 Å². The summed E-state index contributed by atoms with van der Waals surface area (Å²) in [6.07, 6.45) is -5.74. The van der Waals surface area contributed by atoms with Gasteiger partial charge in [0, 0.05) is 6.20 Å². The predicted octanol–water partition coefficient (Wildman–Crippen LogP) is 0.546. The van der Waals surface area contributed by atoms with Crippen LogP contribution in [0.1, 0.15) is 17.4 Å². The number of aliphatic hydroxyl groups is 1. The number of aromatic nitrogens is 1. The van der Waals surface area contributed by atoms with E-state index in [-0.39, 0.29) is 0 Å². The normalized spacial score (nSPS) is 15.4. The number of aliphatic hydroxyl groups excluding tert-OH is 1. The van der Waals surface area contributed by atoms with E-state index < -0.39 is 35.5 Å². The maximum Gasteiger partial charge on any atom is 0.418 e. The fourth-order valence-electron chi connectivity index (χ4n) is 1.20. The molecule has 1 aromatic rings. The number of nitrogens with two attached hydrogens (primary N) is 1. The van der Waals surface area contributed by atoms with Crippen molar-refractivity contribution in [3.05, 3.63) is 29.6 Å². The molecule has 1 rings (SSSR count). The van der Waals surface area contributed by atoms with Crippen molar-refractivity contribution in [3.63, 3.8) is 0 Å². The largest absolute Gasteiger partial charge is 0.480 e. The number of aliphatic carboxylic acids is 1. The van der Waals surface area contributed by atoms with Crippen molar-refractivity contribution in [2.24, 2.45) is 5.73 Å². The Morgan fingerprint density at radius 1 is 1.47 bits per heavy atom. The molecule has 17 heavy (non-hydrogen) atoms. The van der Waals surface area contributed by atoms with Crippen LogP contribution < -0.4 is 5.73 Å². The average Bonchev–Trinajstić information content (AvgIpc) is 2.25. The van der Waals surface area contributed by atoms with Gasteiger partial charge in [0.05, 0.1) is 11.3 Å². The topological polar surface area (TPSA) is 96.4 Å². The van der Waals surface area contributed by atoms with Crippen LogP contribution in [0.2, 0.25) is 0 Å². The summed E-state index contributed by atoms with van der Waals surface area (Å²) in [6.45, 7) is 0. The summed E-state index contributed by atoms with van der Waals surface area (Å²) < 4.78 is 37.6. The molecule has 2 atom stereocenters. The Labute approximate surface area is 93.7 Å². The fraction of sp³-hybridized carbons (Fsp3) is 0.333. The van der Waals surface area contributed by atoms with E-state index in [1.165, 1.54) is 0 Å². The minimum Gasteiger partial charge on any atom is -0.480 e. The third kappa shape index (κ3) is 2.92. The summed E-state index contributed by atoms with van der Waals surface area (Å²) >= 11 is 0. The van der Waals surface area contributed by atoms with E-state index >= 15 is 0 Å². The van der Waals surface area contributed by atoms with Crippen molar-refractivity contribution < 1.29 is 28.2 Å². The first-order valence-electron chi connectivity index (χ1n) is 4.43. The monoisotopic (exact) mass is 250 g/mol. The minimum atomic E-state index is -4.73. The molecule has 5 nitrogen and oxygen atoms in total. The van der Waals surface area contributed by atoms with Gasteiger partial charge in [-0.1, -0.05) is 0 Å². The van der Waals surface area contributed by atoms with Gasteiger partial charge in [0.15, 0.2) is 0 Å². The van der Waals surface area contributed by atoms with Gasteiger partial charge >= 0.3 is 12.1 Å². The molecule has 0 bridgehead atoms. The molecular weight excluding hydrogens is 241 g/mol. The lowest BCUT2D eigenvalue weighted by molar-refractivity contribution is -0.144. The lowest BCUT2D eigenvalue weighted by Crippen LogP contribution is -2.37. The van der Waals surface area contributed by atoms with Crippen LogP contribution in [0.15, 0.2) is 18.3 Å². The van der Waals surface area contributed by atoms with Gasteiger partial charge in [-0.15, -0.1) is 0 Å². The molecule has 94 valence electrons. The predicted molar refractivity (Wildman–Crippen MR) is 49.8 cm³/mol. The summed E-state index contributed by atoms with van der Waals surface area (Å²) in [5.74, 6) is -1.61. The number of hydrogen-bond acceptors (Lipinski definition) is 4. The smallest absolute Gasteiger partial charge is 0.418 e. The van der Waals surface area contributed by atoms with Crippen molar-refractivity contribution in [1.29, 1.82) is 0 Å². The molecule has 0 aliphatic carbocycles. The highest BCUT2D eigenvalue weighted by Gasteiger charge is 2.38. The summed E-state index contributed by atoms with van der Waals surface area (Å²) in [6, 6.07) is -0.142. The SMILES string of the molecule is NC(C(=O)O)C(O)c1ncccc1C(F)(F)F. The van der Waals surface area contributed by atoms with Crippen LogP contribution >= 0.6 is 0 Å². The van der Waals surface area contributed by atoms with E-state index in [4.69, 9.17) is 10.8 Å². The molecule has 8 heteroatoms. The van der Waals surface area contributed by atoms with Gasteiger partial charge in [-0.05, 0) is 12.1 Å². The Bertz CT molecular complexity index is 422. The Morgan fingerprint density at radius 3 is 2.53 bits per heavy atom. The van der Waals surface area contributed by atoms with Gasteiger partial charge in [0.1, 0.15) is 12.1 Å². The second kappa shape index (κ2) is 4.68. The second-order valence-corrected chi connectivity index (χ2v) is 3.24. The van der Waals surface area contributed by atoms with Gasteiger partial charge in [-0.3, -0.25) is 9.78 Å². The molecule has 4 N–H and O–H groups in total. The van der Waals surface area contributed by atoms with E-state index in [1.807, 2.05) is 0 Å². The van der Waals surface area contributed by atoms with E-state index in [1.54, 1.807) is 0 Å². The van der Waals surface area contributed by atoms with Crippen LogP contribution in [0, 0.1) is 0 Å². The first-order chi connectivity index (χ1) is 7.75. The molecule has 0 aliphatic heterocycles. The number of hydrogen-bond donors (Lipinski definition) is 3. The number of rotatable bonds is 3. The highest BCUT2D eigenvalue weighted by atomic mass is 19.4. The molecule has 0 fully saturated rings. The number of carbonyl (C=O) groups is 1. The molecule has 0 saturated carbocycles. The molecule has 0 saturated heterocycles. The Hall–Kier alpha value is -1.67. The van der Waals surface area contributed by atoms with Crippen molar-refractivity contribution >= 4 is 5.97 Å². The van der Waals surface area contributed by atoms with Crippen LogP contribution in [0.5, 0.6) is 0 Å². The first-order valence-corrected chi connectivity index (χ1v) is 4.43. The zero-order valence-corrected chi connectivity index (χ0v) is 8.35. The molecule has 2 unspecified atom stereocenters. The van der Waals surface area contributed by atoms with E-state index in [2.05, 4.69) is 4.98 Å². The summed E-state index contributed by atoms with van der Waals surface area (Å²) in [7, 11) is 0. The molecule has 0 aromatic carbocycles. The van der Waals surface area contributed by atoms with Crippen LogP contribution in [0.4, 0.5) is 13.2 Å². The number of halogens is 3. The molecule has 0 aliphatic rings. The maximum absolute atomic E-state index is 12.5. The van der Waals surface area contributed by atoms with Crippen LogP contribution in [-0.2, 0) is 11.0 Å². The number of carboxylic acids is 1. The molecule has 1 heterocycles. The summed E-state index contributed by atoms with van der Waals surface area (Å²) in [5.41, 5.74) is 3.05. The molecular formula is C9H9F3N2O3. The second-order valence-electron chi connectivity index (χ2n) is 3.24. The highest BCUT2D eigenvalue weighted by Crippen LogP contribution is 2.33.